The molecule has 0 bridgehead atoms. The fourth-order valence-electron chi connectivity index (χ4n) is 3.64. The molecule has 0 saturated heterocycles. The average Bonchev–Trinajstić information content (AvgIpc) is 2.44. The van der Waals surface area contributed by atoms with Crippen LogP contribution in [0.25, 0.3) is 0 Å². The molecule has 1 saturated carbocycles. The number of nitrogens with zero attached hydrogens (tertiary/aromatic N) is 1. The predicted octanol–water partition coefficient (Wildman–Crippen LogP) is 3.35. The molecule has 0 heterocycles. The number of hydrogen-bond donors (Lipinski definition) is 1. The summed E-state index contributed by atoms with van der Waals surface area (Å²) in [5.41, 5.74) is 10.0. The van der Waals surface area contributed by atoms with Crippen molar-refractivity contribution in [3.8, 4) is 0 Å². The van der Waals surface area contributed by atoms with Gasteiger partial charge in [-0.05, 0) is 44.7 Å². The fraction of sp³-hybridized carbons (Fsp3) is 0.611. The van der Waals surface area contributed by atoms with Gasteiger partial charge < -0.3 is 10.6 Å². The minimum atomic E-state index is 0.169. The third-order valence-corrected chi connectivity index (χ3v) is 4.54. The Hall–Kier alpha value is -1.35. The van der Waals surface area contributed by atoms with Crippen molar-refractivity contribution < 1.29 is 4.79 Å². The van der Waals surface area contributed by atoms with Gasteiger partial charge in [0.15, 0.2) is 0 Å². The second-order valence-corrected chi connectivity index (χ2v) is 6.35. The van der Waals surface area contributed by atoms with Crippen molar-refractivity contribution in [2.45, 2.75) is 58.9 Å². The molecule has 1 aliphatic rings. The molecule has 0 aromatic heterocycles. The van der Waals surface area contributed by atoms with Crippen LogP contribution in [0.15, 0.2) is 12.1 Å². The van der Waals surface area contributed by atoms with E-state index in [2.05, 4.69) is 19.1 Å². The summed E-state index contributed by atoms with van der Waals surface area (Å²) in [5.74, 6) is 0.169. The molecule has 0 unspecified atom stereocenters. The Morgan fingerprint density at radius 1 is 1.14 bits per heavy atom. The Balaban J connectivity index is 2.29. The Morgan fingerprint density at radius 3 is 2.24 bits per heavy atom. The van der Waals surface area contributed by atoms with Crippen LogP contribution in [0.2, 0.25) is 0 Å². The number of aryl methyl sites for hydroxylation is 3. The quantitative estimate of drug-likeness (QED) is 0.923. The van der Waals surface area contributed by atoms with Gasteiger partial charge >= 0.3 is 0 Å². The summed E-state index contributed by atoms with van der Waals surface area (Å²) in [7, 11) is 0. The third-order valence-electron chi connectivity index (χ3n) is 4.54. The van der Waals surface area contributed by atoms with E-state index >= 15 is 0 Å². The van der Waals surface area contributed by atoms with E-state index in [1.54, 1.807) is 0 Å². The Kier molecular flexibility index (Phi) is 5.40. The SMILES string of the molecule is Cc1cc(C)c(C(=O)N(CCN)C2CCCCC2)c(C)c1. The molecule has 3 nitrogen and oxygen atoms in total. The second-order valence-electron chi connectivity index (χ2n) is 6.35. The average molecular weight is 288 g/mol. The third kappa shape index (κ3) is 3.65. The van der Waals surface area contributed by atoms with E-state index in [-0.39, 0.29) is 5.91 Å². The van der Waals surface area contributed by atoms with E-state index < -0.39 is 0 Å². The van der Waals surface area contributed by atoms with Crippen LogP contribution < -0.4 is 5.73 Å². The van der Waals surface area contributed by atoms with Crippen molar-refractivity contribution in [2.24, 2.45) is 5.73 Å². The first-order chi connectivity index (χ1) is 10.0. The van der Waals surface area contributed by atoms with Crippen LogP contribution >= 0.6 is 0 Å². The number of nitrogens with two attached hydrogens (primary N) is 1. The Bertz CT molecular complexity index is 481. The summed E-state index contributed by atoms with van der Waals surface area (Å²) in [4.78, 5) is 15.1. The Labute approximate surface area is 128 Å². The monoisotopic (exact) mass is 288 g/mol. The predicted molar refractivity (Wildman–Crippen MR) is 87.6 cm³/mol. The van der Waals surface area contributed by atoms with Gasteiger partial charge in [0.2, 0.25) is 0 Å². The van der Waals surface area contributed by atoms with Crippen molar-refractivity contribution >= 4 is 5.91 Å². The molecule has 2 N–H and O–H groups in total. The zero-order valence-electron chi connectivity index (χ0n) is 13.6. The zero-order valence-corrected chi connectivity index (χ0v) is 13.6. The first-order valence-electron chi connectivity index (χ1n) is 8.13. The molecule has 21 heavy (non-hydrogen) atoms. The highest BCUT2D eigenvalue weighted by Gasteiger charge is 2.27. The van der Waals surface area contributed by atoms with Gasteiger partial charge in [-0.3, -0.25) is 4.79 Å². The molecular formula is C18H28N2O. The molecule has 0 spiro atoms. The van der Waals surface area contributed by atoms with Gasteiger partial charge in [0.05, 0.1) is 0 Å². The molecule has 3 heteroatoms. The van der Waals surface area contributed by atoms with Crippen LogP contribution in [-0.2, 0) is 0 Å². The lowest BCUT2D eigenvalue weighted by Crippen LogP contribution is -2.44. The summed E-state index contributed by atoms with van der Waals surface area (Å²) in [6.45, 7) is 7.35. The standard InChI is InChI=1S/C18H28N2O/c1-13-11-14(2)17(15(3)12-13)18(21)20(10-9-19)16-7-5-4-6-8-16/h11-12,16H,4-10,19H2,1-3H3. The van der Waals surface area contributed by atoms with E-state index in [4.69, 9.17) is 5.73 Å². The van der Waals surface area contributed by atoms with Gasteiger partial charge in [-0.25, -0.2) is 0 Å². The van der Waals surface area contributed by atoms with E-state index in [1.807, 2.05) is 18.7 Å². The lowest BCUT2D eigenvalue weighted by Gasteiger charge is -2.35. The molecule has 2 rings (SSSR count). The molecule has 116 valence electrons. The van der Waals surface area contributed by atoms with Gasteiger partial charge in [-0.15, -0.1) is 0 Å². The van der Waals surface area contributed by atoms with E-state index in [0.29, 0.717) is 19.1 Å². The minimum absolute atomic E-state index is 0.169. The number of amides is 1. The first kappa shape index (κ1) is 16.0. The number of rotatable bonds is 4. The van der Waals surface area contributed by atoms with Crippen LogP contribution in [0.3, 0.4) is 0 Å². The van der Waals surface area contributed by atoms with E-state index in [9.17, 15) is 4.79 Å². The van der Waals surface area contributed by atoms with Gasteiger partial charge in [0, 0.05) is 24.7 Å². The fourth-order valence-corrected chi connectivity index (χ4v) is 3.64. The molecular weight excluding hydrogens is 260 g/mol. The Morgan fingerprint density at radius 2 is 1.71 bits per heavy atom. The maximum Gasteiger partial charge on any atom is 0.254 e. The highest BCUT2D eigenvalue weighted by atomic mass is 16.2. The number of carbonyl (C=O) groups is 1. The van der Waals surface area contributed by atoms with Crippen molar-refractivity contribution in [2.75, 3.05) is 13.1 Å². The molecule has 0 atom stereocenters. The second kappa shape index (κ2) is 7.08. The highest BCUT2D eigenvalue weighted by Crippen LogP contribution is 2.26. The van der Waals surface area contributed by atoms with Crippen molar-refractivity contribution in [1.29, 1.82) is 0 Å². The van der Waals surface area contributed by atoms with Gasteiger partial charge in [-0.1, -0.05) is 37.0 Å². The number of benzene rings is 1. The largest absolute Gasteiger partial charge is 0.334 e. The zero-order chi connectivity index (χ0) is 15.4. The van der Waals surface area contributed by atoms with Crippen molar-refractivity contribution in [3.05, 3.63) is 34.4 Å². The number of hydrogen-bond acceptors (Lipinski definition) is 2. The smallest absolute Gasteiger partial charge is 0.254 e. The lowest BCUT2D eigenvalue weighted by molar-refractivity contribution is 0.0640. The molecule has 0 aliphatic heterocycles. The maximum absolute atomic E-state index is 13.1. The minimum Gasteiger partial charge on any atom is -0.334 e. The van der Waals surface area contributed by atoms with Gasteiger partial charge in [-0.2, -0.15) is 0 Å². The lowest BCUT2D eigenvalue weighted by atomic mass is 9.92. The molecule has 1 aromatic rings. The van der Waals surface area contributed by atoms with E-state index in [0.717, 1.165) is 29.5 Å². The summed E-state index contributed by atoms with van der Waals surface area (Å²) in [6, 6.07) is 4.57. The van der Waals surface area contributed by atoms with Crippen LogP contribution in [0.1, 0.15) is 59.2 Å². The molecule has 1 fully saturated rings. The maximum atomic E-state index is 13.1. The first-order valence-corrected chi connectivity index (χ1v) is 8.13. The summed E-state index contributed by atoms with van der Waals surface area (Å²) in [6.07, 6.45) is 5.99. The normalized spacial score (nSPS) is 16.0. The van der Waals surface area contributed by atoms with Gasteiger partial charge in [0.25, 0.3) is 5.91 Å². The number of carbonyl (C=O) groups excluding carboxylic acids is 1. The molecule has 1 amide bonds. The van der Waals surface area contributed by atoms with E-state index in [1.165, 1.54) is 24.8 Å². The summed E-state index contributed by atoms with van der Waals surface area (Å²) >= 11 is 0. The van der Waals surface area contributed by atoms with Gasteiger partial charge in [0.1, 0.15) is 0 Å². The summed E-state index contributed by atoms with van der Waals surface area (Å²) in [5, 5.41) is 0. The van der Waals surface area contributed by atoms with Crippen molar-refractivity contribution in [1.82, 2.24) is 4.90 Å². The van der Waals surface area contributed by atoms with Crippen LogP contribution in [0.4, 0.5) is 0 Å². The van der Waals surface area contributed by atoms with Crippen LogP contribution in [-0.4, -0.2) is 29.9 Å². The van der Waals surface area contributed by atoms with Crippen LogP contribution in [0, 0.1) is 20.8 Å². The molecule has 0 radical (unpaired) electrons. The molecule has 1 aliphatic carbocycles. The van der Waals surface area contributed by atoms with Crippen molar-refractivity contribution in [3.63, 3.8) is 0 Å². The van der Waals surface area contributed by atoms with Crippen LogP contribution in [0.5, 0.6) is 0 Å². The molecule has 1 aromatic carbocycles. The summed E-state index contributed by atoms with van der Waals surface area (Å²) < 4.78 is 0. The highest BCUT2D eigenvalue weighted by molar-refractivity contribution is 5.97. The topological polar surface area (TPSA) is 46.3 Å².